The lowest BCUT2D eigenvalue weighted by Crippen LogP contribution is -1.95. The second-order valence-corrected chi connectivity index (χ2v) is 3.09. The predicted molar refractivity (Wildman–Crippen MR) is 76.0 cm³/mol. The van der Waals surface area contributed by atoms with Gasteiger partial charge < -0.3 is 10.4 Å². The minimum Gasteiger partial charge on any atom is -0.392 e. The molecule has 0 unspecified atom stereocenters. The Bertz CT molecular complexity index is 224. The molecule has 0 aliphatic heterocycles. The minimum atomic E-state index is 0. The Balaban J connectivity index is -0.000000286. The first-order chi connectivity index (χ1) is 7.78. The zero-order valence-corrected chi connectivity index (χ0v) is 11.4. The Morgan fingerprint density at radius 3 is 1.81 bits per heavy atom. The molecule has 1 aromatic carbocycles. The van der Waals surface area contributed by atoms with Gasteiger partial charge in [-0.2, -0.15) is 0 Å². The third-order valence-electron chi connectivity index (χ3n) is 1.52. The van der Waals surface area contributed by atoms with Crippen LogP contribution in [0.15, 0.2) is 24.3 Å². The molecular weight excluding hydrogens is 198 g/mol. The molecule has 0 amide bonds. The van der Waals surface area contributed by atoms with Crippen molar-refractivity contribution >= 4 is 5.69 Å². The lowest BCUT2D eigenvalue weighted by Gasteiger charge is -2.02. The summed E-state index contributed by atoms with van der Waals surface area (Å²) in [7, 11) is 0. The molecule has 16 heavy (non-hydrogen) atoms. The summed E-state index contributed by atoms with van der Waals surface area (Å²) in [5.74, 6) is 0. The van der Waals surface area contributed by atoms with E-state index in [0.29, 0.717) is 0 Å². The third kappa shape index (κ3) is 9.53. The van der Waals surface area contributed by atoms with Crippen molar-refractivity contribution in [2.24, 2.45) is 0 Å². The summed E-state index contributed by atoms with van der Waals surface area (Å²) in [6.07, 6.45) is 1.25. The maximum atomic E-state index is 8.74. The zero-order valence-electron chi connectivity index (χ0n) is 11.4. The Kier molecular flexibility index (Phi) is 15.2. The predicted octanol–water partition coefficient (Wildman–Crippen LogP) is 4.30. The van der Waals surface area contributed by atoms with Crippen LogP contribution in [0.5, 0.6) is 0 Å². The van der Waals surface area contributed by atoms with E-state index in [1.54, 1.807) is 0 Å². The average molecular weight is 227 g/mol. The Morgan fingerprint density at radius 2 is 1.50 bits per heavy atom. The second kappa shape index (κ2) is 14.0. The van der Waals surface area contributed by atoms with E-state index in [1.807, 2.05) is 38.1 Å². The molecule has 0 bridgehead atoms. The van der Waals surface area contributed by atoms with Crippen LogP contribution in [0.4, 0.5) is 5.69 Å². The van der Waals surface area contributed by atoms with Crippen molar-refractivity contribution in [1.82, 2.24) is 0 Å². The van der Waals surface area contributed by atoms with Gasteiger partial charge in [-0.15, -0.1) is 0 Å². The van der Waals surface area contributed by atoms with Gasteiger partial charge in [0.05, 0.1) is 6.61 Å². The van der Waals surface area contributed by atoms with Gasteiger partial charge in [-0.25, -0.2) is 0 Å². The van der Waals surface area contributed by atoms with E-state index in [1.165, 1.54) is 6.42 Å². The van der Waals surface area contributed by atoms with E-state index in [0.717, 1.165) is 17.8 Å². The van der Waals surface area contributed by atoms with Gasteiger partial charge in [-0.3, -0.25) is 0 Å². The number of anilines is 1. The molecular formula is C14H29NO. The van der Waals surface area contributed by atoms with Crippen molar-refractivity contribution in [2.45, 2.75) is 47.6 Å². The van der Waals surface area contributed by atoms with Gasteiger partial charge in [0.15, 0.2) is 0 Å². The van der Waals surface area contributed by atoms with Crippen LogP contribution in [0.2, 0.25) is 0 Å². The fraction of sp³-hybridized carbons (Fsp3) is 0.571. The molecule has 2 heteroatoms. The molecule has 0 aromatic heterocycles. The van der Waals surface area contributed by atoms with Crippen molar-refractivity contribution in [3.05, 3.63) is 29.8 Å². The zero-order chi connectivity index (χ0) is 12.8. The standard InChI is InChI=1S/C9H13NO.C3H8.C2H6.H2/c1-2-10-9-5-3-8(7-11)4-6-9;1-3-2;1-2;/h3-6,10-11H,2,7H2,1H3;3H2,1-2H3;1-2H3;1H. The van der Waals surface area contributed by atoms with Gasteiger partial charge >= 0.3 is 0 Å². The number of hydrogen-bond acceptors (Lipinski definition) is 2. The average Bonchev–Trinajstić information content (AvgIpc) is 2.34. The molecule has 0 saturated carbocycles. The van der Waals surface area contributed by atoms with Crippen LogP contribution in [0.25, 0.3) is 0 Å². The van der Waals surface area contributed by atoms with Gasteiger partial charge in [0.1, 0.15) is 0 Å². The quantitative estimate of drug-likeness (QED) is 0.807. The van der Waals surface area contributed by atoms with Crippen LogP contribution in [0.3, 0.4) is 0 Å². The first kappa shape index (κ1) is 17.4. The summed E-state index contributed by atoms with van der Waals surface area (Å²) in [5, 5.41) is 11.9. The van der Waals surface area contributed by atoms with Gasteiger partial charge in [-0.1, -0.05) is 46.2 Å². The van der Waals surface area contributed by atoms with Crippen LogP contribution in [0.1, 0.15) is 48.0 Å². The molecule has 0 aliphatic rings. The van der Waals surface area contributed by atoms with Gasteiger partial charge in [-0.05, 0) is 24.6 Å². The summed E-state index contributed by atoms with van der Waals surface area (Å²) < 4.78 is 0. The number of benzene rings is 1. The van der Waals surface area contributed by atoms with E-state index < -0.39 is 0 Å². The lowest BCUT2D eigenvalue weighted by atomic mass is 10.2. The van der Waals surface area contributed by atoms with E-state index in [-0.39, 0.29) is 8.03 Å². The summed E-state index contributed by atoms with van der Waals surface area (Å²) in [4.78, 5) is 0. The van der Waals surface area contributed by atoms with Crippen molar-refractivity contribution in [3.63, 3.8) is 0 Å². The number of nitrogens with one attached hydrogen (secondary N) is 1. The Morgan fingerprint density at radius 1 is 1.06 bits per heavy atom. The monoisotopic (exact) mass is 227 g/mol. The first-order valence-electron chi connectivity index (χ1n) is 6.22. The smallest absolute Gasteiger partial charge is 0.0681 e. The highest BCUT2D eigenvalue weighted by Crippen LogP contribution is 2.08. The summed E-state index contributed by atoms with van der Waals surface area (Å²) in [5.41, 5.74) is 2.05. The fourth-order valence-corrected chi connectivity index (χ4v) is 0.932. The van der Waals surface area contributed by atoms with E-state index >= 15 is 0 Å². The van der Waals surface area contributed by atoms with Gasteiger partial charge in [0.25, 0.3) is 0 Å². The molecule has 0 spiro atoms. The number of aliphatic hydroxyl groups excluding tert-OH is 1. The SMILES string of the molecule is CC.CCC.CCNc1ccc(CO)cc1.[HH]. The molecule has 2 nitrogen and oxygen atoms in total. The summed E-state index contributed by atoms with van der Waals surface area (Å²) >= 11 is 0. The minimum absolute atomic E-state index is 0. The van der Waals surface area contributed by atoms with Crippen LogP contribution >= 0.6 is 0 Å². The second-order valence-electron chi connectivity index (χ2n) is 3.09. The number of hydrogen-bond donors (Lipinski definition) is 2. The molecule has 1 rings (SSSR count). The van der Waals surface area contributed by atoms with Crippen molar-refractivity contribution in [3.8, 4) is 0 Å². The van der Waals surface area contributed by atoms with Gasteiger partial charge in [0.2, 0.25) is 0 Å². The highest BCUT2D eigenvalue weighted by molar-refractivity contribution is 5.44. The van der Waals surface area contributed by atoms with Gasteiger partial charge in [0, 0.05) is 13.7 Å². The molecule has 0 aliphatic carbocycles. The Hall–Kier alpha value is -1.02. The highest BCUT2D eigenvalue weighted by Gasteiger charge is 1.89. The van der Waals surface area contributed by atoms with Crippen LogP contribution in [0, 0.1) is 0 Å². The number of rotatable bonds is 3. The van der Waals surface area contributed by atoms with Crippen LogP contribution < -0.4 is 5.32 Å². The van der Waals surface area contributed by atoms with Crippen molar-refractivity contribution in [1.29, 1.82) is 0 Å². The molecule has 2 N–H and O–H groups in total. The highest BCUT2D eigenvalue weighted by atomic mass is 16.3. The normalized spacial score (nSPS) is 8.12. The van der Waals surface area contributed by atoms with E-state index in [2.05, 4.69) is 26.1 Å². The van der Waals surface area contributed by atoms with Crippen molar-refractivity contribution < 1.29 is 6.53 Å². The molecule has 96 valence electrons. The van der Waals surface area contributed by atoms with E-state index in [4.69, 9.17) is 5.11 Å². The Labute approximate surface area is 102 Å². The lowest BCUT2D eigenvalue weighted by molar-refractivity contribution is 0.282. The van der Waals surface area contributed by atoms with Crippen molar-refractivity contribution in [2.75, 3.05) is 11.9 Å². The molecule has 0 fully saturated rings. The fourth-order valence-electron chi connectivity index (χ4n) is 0.932. The van der Waals surface area contributed by atoms with Crippen LogP contribution in [-0.4, -0.2) is 11.7 Å². The summed E-state index contributed by atoms with van der Waals surface area (Å²) in [6.45, 7) is 11.4. The molecule has 0 radical (unpaired) electrons. The van der Waals surface area contributed by atoms with E-state index in [9.17, 15) is 0 Å². The maximum Gasteiger partial charge on any atom is 0.0681 e. The first-order valence-corrected chi connectivity index (χ1v) is 6.22. The topological polar surface area (TPSA) is 32.3 Å². The maximum absolute atomic E-state index is 8.74. The largest absolute Gasteiger partial charge is 0.392 e. The molecule has 0 heterocycles. The molecule has 1 aromatic rings. The van der Waals surface area contributed by atoms with Crippen LogP contribution in [-0.2, 0) is 6.61 Å². The molecule has 0 saturated heterocycles. The molecule has 0 atom stereocenters. The third-order valence-corrected chi connectivity index (χ3v) is 1.52. The summed E-state index contributed by atoms with van der Waals surface area (Å²) in [6, 6.07) is 7.76. The number of aliphatic hydroxyl groups is 1.